The fraction of sp³-hybridized carbons (Fsp3) is 0.105. The number of hydrogen-bond donors (Lipinski definition) is 2. The topological polar surface area (TPSA) is 76.1 Å². The number of anilines is 3. The third-order valence-corrected chi connectivity index (χ3v) is 3.56. The number of halogens is 1. The molecule has 0 bridgehead atoms. The van der Waals surface area contributed by atoms with E-state index in [9.17, 15) is 9.18 Å². The van der Waals surface area contributed by atoms with Crippen LogP contribution in [0.1, 0.15) is 16.3 Å². The van der Waals surface area contributed by atoms with Gasteiger partial charge in [-0.05, 0) is 31.2 Å². The summed E-state index contributed by atoms with van der Waals surface area (Å²) in [5.41, 5.74) is 0.948. The van der Waals surface area contributed by atoms with Crippen molar-refractivity contribution in [3.63, 3.8) is 0 Å². The first-order chi connectivity index (χ1) is 12.6. The van der Waals surface area contributed by atoms with E-state index in [-0.39, 0.29) is 11.4 Å². The van der Waals surface area contributed by atoms with Crippen LogP contribution in [0.5, 0.6) is 5.75 Å². The molecule has 132 valence electrons. The van der Waals surface area contributed by atoms with Gasteiger partial charge in [0.05, 0.1) is 18.5 Å². The van der Waals surface area contributed by atoms with Crippen LogP contribution in [0.3, 0.4) is 0 Å². The molecule has 3 rings (SSSR count). The zero-order chi connectivity index (χ0) is 18.5. The van der Waals surface area contributed by atoms with Gasteiger partial charge in [0, 0.05) is 6.07 Å². The lowest BCUT2D eigenvalue weighted by Gasteiger charge is -2.11. The molecule has 6 nitrogen and oxygen atoms in total. The smallest absolute Gasteiger partial charge is 0.274 e. The average Bonchev–Trinajstić information content (AvgIpc) is 2.63. The van der Waals surface area contributed by atoms with E-state index in [0.717, 1.165) is 0 Å². The van der Waals surface area contributed by atoms with Gasteiger partial charge >= 0.3 is 0 Å². The molecule has 1 amide bonds. The first kappa shape index (κ1) is 17.3. The molecule has 0 fully saturated rings. The van der Waals surface area contributed by atoms with Crippen molar-refractivity contribution in [3.8, 4) is 5.75 Å². The minimum atomic E-state index is -0.420. The fourth-order valence-electron chi connectivity index (χ4n) is 2.38. The second kappa shape index (κ2) is 7.60. The summed E-state index contributed by atoms with van der Waals surface area (Å²) in [7, 11) is 1.52. The van der Waals surface area contributed by atoms with Crippen molar-refractivity contribution in [3.05, 3.63) is 71.9 Å². The number of methoxy groups -OCH3 is 1. The minimum Gasteiger partial charge on any atom is -0.495 e. The van der Waals surface area contributed by atoms with Crippen LogP contribution in [0.25, 0.3) is 0 Å². The highest BCUT2D eigenvalue weighted by molar-refractivity contribution is 6.04. The van der Waals surface area contributed by atoms with E-state index in [1.165, 1.54) is 19.2 Å². The van der Waals surface area contributed by atoms with Crippen molar-refractivity contribution in [1.29, 1.82) is 0 Å². The number of amides is 1. The Bertz CT molecular complexity index is 946. The predicted octanol–water partition coefficient (Wildman–Crippen LogP) is 3.93. The van der Waals surface area contributed by atoms with Gasteiger partial charge in [-0.15, -0.1) is 0 Å². The molecule has 26 heavy (non-hydrogen) atoms. The highest BCUT2D eigenvalue weighted by atomic mass is 19.1. The number of ether oxygens (including phenoxy) is 1. The number of rotatable bonds is 5. The van der Waals surface area contributed by atoms with Crippen LogP contribution in [0.15, 0.2) is 54.6 Å². The Hall–Kier alpha value is -3.48. The Morgan fingerprint density at radius 2 is 1.73 bits per heavy atom. The molecule has 1 heterocycles. The number of aryl methyl sites for hydroxylation is 1. The second-order valence-electron chi connectivity index (χ2n) is 5.44. The quantitative estimate of drug-likeness (QED) is 0.728. The number of nitrogens with one attached hydrogen (secondary N) is 2. The third kappa shape index (κ3) is 3.94. The van der Waals surface area contributed by atoms with Gasteiger partial charge in [0.2, 0.25) is 0 Å². The Kier molecular flexibility index (Phi) is 5.07. The van der Waals surface area contributed by atoms with Crippen LogP contribution in [0.2, 0.25) is 0 Å². The Balaban J connectivity index is 1.85. The molecule has 7 heteroatoms. The van der Waals surface area contributed by atoms with Gasteiger partial charge in [-0.3, -0.25) is 4.79 Å². The molecule has 0 saturated heterocycles. The van der Waals surface area contributed by atoms with Crippen LogP contribution in [0, 0.1) is 12.7 Å². The van der Waals surface area contributed by atoms with E-state index >= 15 is 0 Å². The number of nitrogens with zero attached hydrogens (tertiary/aromatic N) is 2. The molecule has 0 atom stereocenters. The number of para-hydroxylation sites is 3. The summed E-state index contributed by atoms with van der Waals surface area (Å²) in [6.07, 6.45) is 0. The summed E-state index contributed by atoms with van der Waals surface area (Å²) in [6, 6.07) is 14.7. The van der Waals surface area contributed by atoms with E-state index in [4.69, 9.17) is 4.74 Å². The molecule has 0 aliphatic carbocycles. The zero-order valence-electron chi connectivity index (χ0n) is 14.3. The van der Waals surface area contributed by atoms with Gasteiger partial charge in [0.15, 0.2) is 0 Å². The molecule has 0 aliphatic heterocycles. The zero-order valence-corrected chi connectivity index (χ0v) is 14.3. The molecule has 1 aromatic heterocycles. The maximum absolute atomic E-state index is 13.8. The summed E-state index contributed by atoms with van der Waals surface area (Å²) >= 11 is 0. The molecule has 0 spiro atoms. The third-order valence-electron chi connectivity index (χ3n) is 3.56. The highest BCUT2D eigenvalue weighted by Gasteiger charge is 2.13. The van der Waals surface area contributed by atoms with Gasteiger partial charge < -0.3 is 15.4 Å². The van der Waals surface area contributed by atoms with Crippen LogP contribution in [-0.2, 0) is 0 Å². The Morgan fingerprint density at radius 1 is 1.04 bits per heavy atom. The average molecular weight is 352 g/mol. The molecule has 0 saturated carbocycles. The number of benzene rings is 2. The van der Waals surface area contributed by atoms with Crippen molar-refractivity contribution in [2.24, 2.45) is 0 Å². The van der Waals surface area contributed by atoms with Gasteiger partial charge in [-0.2, -0.15) is 0 Å². The highest BCUT2D eigenvalue weighted by Crippen LogP contribution is 2.24. The first-order valence-corrected chi connectivity index (χ1v) is 7.88. The monoisotopic (exact) mass is 352 g/mol. The van der Waals surface area contributed by atoms with Gasteiger partial charge in [0.25, 0.3) is 5.91 Å². The normalized spacial score (nSPS) is 10.3. The van der Waals surface area contributed by atoms with Crippen molar-refractivity contribution < 1.29 is 13.9 Å². The molecule has 0 unspecified atom stereocenters. The van der Waals surface area contributed by atoms with Crippen LogP contribution >= 0.6 is 0 Å². The molecular weight excluding hydrogens is 335 g/mol. The maximum Gasteiger partial charge on any atom is 0.274 e. The van der Waals surface area contributed by atoms with Gasteiger partial charge in [-0.1, -0.05) is 24.3 Å². The molecule has 0 radical (unpaired) electrons. The largest absolute Gasteiger partial charge is 0.495 e. The summed E-state index contributed by atoms with van der Waals surface area (Å²) in [5.74, 6) is 0.418. The first-order valence-electron chi connectivity index (χ1n) is 7.88. The van der Waals surface area contributed by atoms with E-state index in [1.807, 2.05) is 0 Å². The lowest BCUT2D eigenvalue weighted by Crippen LogP contribution is -2.16. The van der Waals surface area contributed by atoms with Crippen LogP contribution < -0.4 is 15.4 Å². The van der Waals surface area contributed by atoms with E-state index in [1.54, 1.807) is 49.4 Å². The lowest BCUT2D eigenvalue weighted by molar-refractivity contribution is 0.102. The Labute approximate surface area is 150 Å². The SMILES string of the molecule is COc1ccccc1NC(=O)c1cc(Nc2ccccc2F)nc(C)n1. The standard InChI is InChI=1S/C19H17FN4O2/c1-12-21-16(19(25)24-15-9-5-6-10-17(15)26-2)11-18(22-12)23-14-8-4-3-7-13(14)20/h3-11H,1-2H3,(H,24,25)(H,21,22,23). The number of aromatic nitrogens is 2. The van der Waals surface area contributed by atoms with E-state index in [0.29, 0.717) is 23.1 Å². The van der Waals surface area contributed by atoms with E-state index in [2.05, 4.69) is 20.6 Å². The van der Waals surface area contributed by atoms with Crippen LogP contribution in [-0.4, -0.2) is 23.0 Å². The fourth-order valence-corrected chi connectivity index (χ4v) is 2.38. The van der Waals surface area contributed by atoms with Crippen molar-refractivity contribution in [2.75, 3.05) is 17.7 Å². The lowest BCUT2D eigenvalue weighted by atomic mass is 10.2. The summed E-state index contributed by atoms with van der Waals surface area (Å²) in [6.45, 7) is 1.66. The van der Waals surface area contributed by atoms with Crippen molar-refractivity contribution in [1.82, 2.24) is 9.97 Å². The molecule has 2 N–H and O–H groups in total. The molecule has 0 aliphatic rings. The molecule has 2 aromatic carbocycles. The second-order valence-corrected chi connectivity index (χ2v) is 5.44. The minimum absolute atomic E-state index is 0.155. The molecular formula is C19H17FN4O2. The maximum atomic E-state index is 13.8. The number of hydrogen-bond acceptors (Lipinski definition) is 5. The number of carbonyl (C=O) groups excluding carboxylic acids is 1. The molecule has 3 aromatic rings. The van der Waals surface area contributed by atoms with Gasteiger partial charge in [-0.25, -0.2) is 14.4 Å². The Morgan fingerprint density at radius 3 is 2.46 bits per heavy atom. The summed E-state index contributed by atoms with van der Waals surface area (Å²) in [5, 5.41) is 5.62. The van der Waals surface area contributed by atoms with Crippen LogP contribution in [0.4, 0.5) is 21.6 Å². The predicted molar refractivity (Wildman–Crippen MR) is 97.4 cm³/mol. The van der Waals surface area contributed by atoms with Crippen molar-refractivity contribution >= 4 is 23.1 Å². The summed E-state index contributed by atoms with van der Waals surface area (Å²) in [4.78, 5) is 20.9. The number of carbonyl (C=O) groups is 1. The summed E-state index contributed by atoms with van der Waals surface area (Å²) < 4.78 is 19.0. The van der Waals surface area contributed by atoms with Crippen molar-refractivity contribution in [2.45, 2.75) is 6.92 Å². The van der Waals surface area contributed by atoms with E-state index < -0.39 is 11.7 Å². The van der Waals surface area contributed by atoms with Gasteiger partial charge in [0.1, 0.15) is 28.9 Å².